The lowest BCUT2D eigenvalue weighted by molar-refractivity contribution is 1.03. The van der Waals surface area contributed by atoms with E-state index in [1.165, 1.54) is 21.6 Å². The molecule has 3 rings (SSSR count). The van der Waals surface area contributed by atoms with Crippen molar-refractivity contribution >= 4 is 36.1 Å². The van der Waals surface area contributed by atoms with Crippen LogP contribution < -0.4 is 20.9 Å². The molecule has 0 nitrogen and oxygen atoms in total. The van der Waals surface area contributed by atoms with E-state index in [9.17, 15) is 0 Å². The van der Waals surface area contributed by atoms with Crippen molar-refractivity contribution < 1.29 is 0 Å². The Hall–Kier alpha value is -3.64. The second-order valence-corrected chi connectivity index (χ2v) is 7.94. The number of rotatable bonds is 8. The van der Waals surface area contributed by atoms with Crippen LogP contribution >= 0.6 is 0 Å². The summed E-state index contributed by atoms with van der Waals surface area (Å²) in [6, 6.07) is 6.59. The SMILES string of the molecule is C=C/C=C(\C=C/C)/C=C/C=C/C(=C)C/C=C\C=c1/c(=C)c(=C)c2c3c(cccc13)CCC=2. The molecule has 2 aromatic rings. The fraction of sp³-hybridized carbons (Fsp3) is 0.125. The van der Waals surface area contributed by atoms with Gasteiger partial charge in [-0.1, -0.05) is 123 Å². The lowest BCUT2D eigenvalue weighted by Crippen LogP contribution is -2.47. The van der Waals surface area contributed by atoms with E-state index in [-0.39, 0.29) is 0 Å². The Kier molecular flexibility index (Phi) is 8.00. The minimum Gasteiger partial charge on any atom is -0.0990 e. The quantitative estimate of drug-likeness (QED) is 0.501. The lowest BCUT2D eigenvalue weighted by atomic mass is 9.91. The minimum absolute atomic E-state index is 0.795. The summed E-state index contributed by atoms with van der Waals surface area (Å²) in [4.78, 5) is 0. The summed E-state index contributed by atoms with van der Waals surface area (Å²) < 4.78 is 0. The van der Waals surface area contributed by atoms with Crippen molar-refractivity contribution in [1.29, 1.82) is 0 Å². The van der Waals surface area contributed by atoms with Gasteiger partial charge in [-0.05, 0) is 69.0 Å². The van der Waals surface area contributed by atoms with Crippen molar-refractivity contribution in [2.75, 3.05) is 0 Å². The molecule has 0 radical (unpaired) electrons. The number of aryl methyl sites for hydroxylation is 1. The monoisotopic (exact) mass is 416 g/mol. The first-order valence-corrected chi connectivity index (χ1v) is 11.1. The maximum Gasteiger partial charge on any atom is -0.00702 e. The molecule has 1 aliphatic carbocycles. The molecule has 0 N–H and O–H groups in total. The van der Waals surface area contributed by atoms with Crippen molar-refractivity contribution in [2.45, 2.75) is 26.2 Å². The minimum atomic E-state index is 0.795. The summed E-state index contributed by atoms with van der Waals surface area (Å²) in [6.07, 6.45) is 27.7. The van der Waals surface area contributed by atoms with E-state index in [1.807, 2.05) is 43.4 Å². The molecule has 0 spiro atoms. The summed E-state index contributed by atoms with van der Waals surface area (Å²) in [7, 11) is 0. The maximum absolute atomic E-state index is 4.34. The summed E-state index contributed by atoms with van der Waals surface area (Å²) in [5.74, 6) is 0. The van der Waals surface area contributed by atoms with Gasteiger partial charge in [-0.3, -0.25) is 0 Å². The molecule has 0 heteroatoms. The summed E-state index contributed by atoms with van der Waals surface area (Å²) in [6.45, 7) is 18.6. The summed E-state index contributed by atoms with van der Waals surface area (Å²) >= 11 is 0. The van der Waals surface area contributed by atoms with Gasteiger partial charge in [-0.15, -0.1) is 0 Å². The number of allylic oxidation sites excluding steroid dienone is 12. The van der Waals surface area contributed by atoms with E-state index < -0.39 is 0 Å². The van der Waals surface area contributed by atoms with Gasteiger partial charge in [0, 0.05) is 0 Å². The number of benzene rings is 2. The zero-order valence-electron chi connectivity index (χ0n) is 19.1. The molecule has 0 aromatic heterocycles. The highest BCUT2D eigenvalue weighted by Gasteiger charge is 2.08. The molecule has 0 unspecified atom stereocenters. The van der Waals surface area contributed by atoms with Crippen LogP contribution in [0.15, 0.2) is 103 Å². The van der Waals surface area contributed by atoms with E-state index >= 15 is 0 Å². The molecular formula is C32H32. The predicted octanol–water partition coefficient (Wildman–Crippen LogP) is 5.47. The molecule has 0 amide bonds. The highest BCUT2D eigenvalue weighted by atomic mass is 14.1. The number of hydrogen-bond acceptors (Lipinski definition) is 0. The molecule has 2 aromatic carbocycles. The smallest absolute Gasteiger partial charge is 0.00702 e. The zero-order chi connectivity index (χ0) is 22.9. The molecule has 0 saturated heterocycles. The van der Waals surface area contributed by atoms with E-state index in [0.717, 1.165) is 46.1 Å². The Balaban J connectivity index is 1.78. The standard InChI is InChI=1S/C32H32/c1-6-14-27(15-7-2)18-10-8-16-24(3)17-9-11-21-29-25(4)26(5)30-22-12-19-28-20-13-23-31(29)32(28)30/h6-11,13-16,18,20-23H,1,3-5,12,17,19H2,2H3/b11-9-,15-7-,16-8+,18-10+,27-14+,29-21+. The van der Waals surface area contributed by atoms with Gasteiger partial charge < -0.3 is 0 Å². The van der Waals surface area contributed by atoms with Crippen LogP contribution in [0.1, 0.15) is 25.3 Å². The average Bonchev–Trinajstić information content (AvgIpc) is 2.80. The van der Waals surface area contributed by atoms with Crippen LogP contribution in [0.4, 0.5) is 0 Å². The van der Waals surface area contributed by atoms with Gasteiger partial charge >= 0.3 is 0 Å². The molecule has 0 heterocycles. The Bertz CT molecular complexity index is 1400. The summed E-state index contributed by atoms with van der Waals surface area (Å²) in [5.41, 5.74) is 3.58. The molecule has 0 atom stereocenters. The van der Waals surface area contributed by atoms with Gasteiger partial charge in [0.2, 0.25) is 0 Å². The molecule has 1 aliphatic rings. The zero-order valence-corrected chi connectivity index (χ0v) is 19.1. The fourth-order valence-electron chi connectivity index (χ4n) is 4.08. The van der Waals surface area contributed by atoms with Gasteiger partial charge in [-0.25, -0.2) is 0 Å². The Morgan fingerprint density at radius 2 is 1.84 bits per heavy atom. The van der Waals surface area contributed by atoms with E-state index in [2.05, 4.69) is 74.9 Å². The van der Waals surface area contributed by atoms with Gasteiger partial charge in [0.1, 0.15) is 0 Å². The van der Waals surface area contributed by atoms with E-state index in [4.69, 9.17) is 0 Å². The van der Waals surface area contributed by atoms with Crippen LogP contribution in [-0.4, -0.2) is 0 Å². The highest BCUT2D eigenvalue weighted by molar-refractivity contribution is 5.89. The molecule has 32 heavy (non-hydrogen) atoms. The summed E-state index contributed by atoms with van der Waals surface area (Å²) in [5, 5.41) is 7.10. The molecular weight excluding hydrogens is 384 g/mol. The third-order valence-corrected chi connectivity index (χ3v) is 5.67. The van der Waals surface area contributed by atoms with E-state index in [0.29, 0.717) is 0 Å². The number of hydrogen-bond donors (Lipinski definition) is 0. The predicted molar refractivity (Wildman–Crippen MR) is 145 cm³/mol. The molecule has 0 aliphatic heterocycles. The second-order valence-electron chi connectivity index (χ2n) is 7.94. The van der Waals surface area contributed by atoms with Crippen LogP contribution in [0.2, 0.25) is 0 Å². The second kappa shape index (κ2) is 11.1. The van der Waals surface area contributed by atoms with Crippen molar-refractivity contribution in [1.82, 2.24) is 0 Å². The first kappa shape index (κ1) is 23.0. The van der Waals surface area contributed by atoms with Gasteiger partial charge in [0.25, 0.3) is 0 Å². The van der Waals surface area contributed by atoms with Crippen molar-refractivity contribution in [3.05, 3.63) is 130 Å². The van der Waals surface area contributed by atoms with Crippen LogP contribution in [0.25, 0.3) is 36.1 Å². The maximum atomic E-state index is 4.34. The third-order valence-electron chi connectivity index (χ3n) is 5.67. The third kappa shape index (κ3) is 5.34. The van der Waals surface area contributed by atoms with Crippen molar-refractivity contribution in [3.63, 3.8) is 0 Å². The lowest BCUT2D eigenvalue weighted by Gasteiger charge is -2.13. The van der Waals surface area contributed by atoms with Gasteiger partial charge in [0.05, 0.1) is 0 Å². The van der Waals surface area contributed by atoms with Crippen LogP contribution in [0.5, 0.6) is 0 Å². The first-order valence-electron chi connectivity index (χ1n) is 11.1. The van der Waals surface area contributed by atoms with Gasteiger partial charge in [0.15, 0.2) is 0 Å². The Morgan fingerprint density at radius 1 is 1.03 bits per heavy atom. The molecule has 0 fully saturated rings. The molecule has 160 valence electrons. The highest BCUT2D eigenvalue weighted by Crippen LogP contribution is 2.16. The van der Waals surface area contributed by atoms with E-state index in [1.54, 1.807) is 6.08 Å². The van der Waals surface area contributed by atoms with Crippen molar-refractivity contribution in [2.24, 2.45) is 0 Å². The Morgan fingerprint density at radius 3 is 2.62 bits per heavy atom. The average molecular weight is 417 g/mol. The molecule has 0 bridgehead atoms. The molecule has 0 saturated carbocycles. The topological polar surface area (TPSA) is 0 Å². The van der Waals surface area contributed by atoms with Crippen LogP contribution in [0, 0.1) is 0 Å². The van der Waals surface area contributed by atoms with Crippen LogP contribution in [0.3, 0.4) is 0 Å². The fourth-order valence-corrected chi connectivity index (χ4v) is 4.08. The van der Waals surface area contributed by atoms with Gasteiger partial charge in [-0.2, -0.15) is 0 Å². The normalized spacial score (nSPS) is 14.9. The van der Waals surface area contributed by atoms with Crippen molar-refractivity contribution in [3.8, 4) is 0 Å². The largest absolute Gasteiger partial charge is 0.0990 e. The first-order chi connectivity index (χ1) is 15.6. The van der Waals surface area contributed by atoms with Crippen LogP contribution in [-0.2, 0) is 6.42 Å². The Labute approximate surface area is 192 Å².